The molecule has 0 fully saturated rings. The van der Waals surface area contributed by atoms with Gasteiger partial charge in [0.25, 0.3) is 5.91 Å². The highest BCUT2D eigenvalue weighted by Gasteiger charge is 2.20. The maximum absolute atomic E-state index is 12.6. The van der Waals surface area contributed by atoms with Crippen LogP contribution in [0.2, 0.25) is 0 Å². The molecule has 7 nitrogen and oxygen atoms in total. The van der Waals surface area contributed by atoms with Gasteiger partial charge >= 0.3 is 0 Å². The van der Waals surface area contributed by atoms with Crippen molar-refractivity contribution in [2.45, 2.75) is 26.8 Å². The third-order valence-corrected chi connectivity index (χ3v) is 3.74. The van der Waals surface area contributed by atoms with Gasteiger partial charge in [-0.3, -0.25) is 14.3 Å². The summed E-state index contributed by atoms with van der Waals surface area (Å²) in [6, 6.07) is 6.29. The topological polar surface area (TPSA) is 85.3 Å². The Morgan fingerprint density at radius 3 is 2.50 bits per heavy atom. The Morgan fingerprint density at radius 2 is 1.96 bits per heavy atom. The van der Waals surface area contributed by atoms with Gasteiger partial charge in [-0.05, 0) is 45.0 Å². The molecule has 7 heteroatoms. The number of aryl methyl sites for hydroxylation is 2. The Kier molecular flexibility index (Phi) is 5.23. The standard InChI is InChI=1S/C17H22N4O3/c1-10-8-11(2)21(20-10)12(3)16(22)19-14-9-13(17(23)18-4)6-7-15(14)24-5/h6-9,12H,1-5H3,(H,18,23)(H,19,22). The summed E-state index contributed by atoms with van der Waals surface area (Å²) in [4.78, 5) is 24.3. The van der Waals surface area contributed by atoms with Crippen molar-refractivity contribution >= 4 is 17.5 Å². The summed E-state index contributed by atoms with van der Waals surface area (Å²) in [7, 11) is 3.06. The average molecular weight is 330 g/mol. The van der Waals surface area contributed by atoms with Crippen LogP contribution in [0.1, 0.15) is 34.7 Å². The van der Waals surface area contributed by atoms with E-state index in [2.05, 4.69) is 15.7 Å². The Morgan fingerprint density at radius 1 is 1.25 bits per heavy atom. The molecule has 0 aliphatic carbocycles. The van der Waals surface area contributed by atoms with E-state index in [-0.39, 0.29) is 11.8 Å². The van der Waals surface area contributed by atoms with Gasteiger partial charge < -0.3 is 15.4 Å². The molecule has 1 heterocycles. The molecule has 1 aromatic heterocycles. The number of benzene rings is 1. The number of carbonyl (C=O) groups is 2. The van der Waals surface area contributed by atoms with Crippen LogP contribution in [0.15, 0.2) is 24.3 Å². The number of ether oxygens (including phenoxy) is 1. The smallest absolute Gasteiger partial charge is 0.251 e. The maximum atomic E-state index is 12.6. The first-order valence-electron chi connectivity index (χ1n) is 7.61. The van der Waals surface area contributed by atoms with Crippen molar-refractivity contribution in [3.05, 3.63) is 41.2 Å². The highest BCUT2D eigenvalue weighted by atomic mass is 16.5. The molecule has 0 radical (unpaired) electrons. The van der Waals surface area contributed by atoms with Crippen LogP contribution in [-0.4, -0.2) is 35.8 Å². The van der Waals surface area contributed by atoms with Gasteiger partial charge in [0, 0.05) is 18.3 Å². The minimum Gasteiger partial charge on any atom is -0.495 e. The van der Waals surface area contributed by atoms with E-state index in [1.165, 1.54) is 7.11 Å². The second-order valence-electron chi connectivity index (χ2n) is 5.53. The Labute approximate surface area is 141 Å². The Bertz CT molecular complexity index is 767. The molecule has 128 valence electrons. The molecular formula is C17H22N4O3. The second kappa shape index (κ2) is 7.16. The normalized spacial score (nSPS) is 11.7. The van der Waals surface area contributed by atoms with Crippen LogP contribution in [-0.2, 0) is 4.79 Å². The quantitative estimate of drug-likeness (QED) is 0.879. The van der Waals surface area contributed by atoms with Crippen LogP contribution in [0.5, 0.6) is 5.75 Å². The fraction of sp³-hybridized carbons (Fsp3) is 0.353. The molecule has 1 aromatic carbocycles. The minimum atomic E-state index is -0.493. The van der Waals surface area contributed by atoms with Gasteiger partial charge in [0.15, 0.2) is 0 Å². The number of hydrogen-bond donors (Lipinski definition) is 2. The van der Waals surface area contributed by atoms with Gasteiger partial charge in [0.05, 0.1) is 18.5 Å². The number of carbonyl (C=O) groups excluding carboxylic acids is 2. The number of methoxy groups -OCH3 is 1. The number of anilines is 1. The molecule has 0 bridgehead atoms. The molecule has 0 saturated carbocycles. The highest BCUT2D eigenvalue weighted by Crippen LogP contribution is 2.26. The number of rotatable bonds is 5. The summed E-state index contributed by atoms with van der Waals surface area (Å²) in [5.74, 6) is 0.00451. The van der Waals surface area contributed by atoms with E-state index in [0.717, 1.165) is 11.4 Å². The van der Waals surface area contributed by atoms with Gasteiger partial charge in [-0.2, -0.15) is 5.10 Å². The van der Waals surface area contributed by atoms with E-state index in [1.807, 2.05) is 19.9 Å². The lowest BCUT2D eigenvalue weighted by Crippen LogP contribution is -2.26. The van der Waals surface area contributed by atoms with Gasteiger partial charge in [-0.15, -0.1) is 0 Å². The lowest BCUT2D eigenvalue weighted by atomic mass is 10.1. The van der Waals surface area contributed by atoms with Gasteiger partial charge in [-0.1, -0.05) is 0 Å². The molecule has 0 spiro atoms. The van der Waals surface area contributed by atoms with Crippen molar-refractivity contribution < 1.29 is 14.3 Å². The Hall–Kier alpha value is -2.83. The van der Waals surface area contributed by atoms with E-state index in [9.17, 15) is 9.59 Å². The summed E-state index contributed by atoms with van der Waals surface area (Å²) in [5, 5.41) is 9.70. The predicted octanol–water partition coefficient (Wildman–Crippen LogP) is 2.07. The first-order valence-corrected chi connectivity index (χ1v) is 7.61. The molecule has 0 saturated heterocycles. The van der Waals surface area contributed by atoms with Gasteiger partial charge in [0.2, 0.25) is 5.91 Å². The third-order valence-electron chi connectivity index (χ3n) is 3.74. The lowest BCUT2D eigenvalue weighted by molar-refractivity contribution is -0.119. The largest absolute Gasteiger partial charge is 0.495 e. The molecule has 0 aliphatic heterocycles. The van der Waals surface area contributed by atoms with Crippen molar-refractivity contribution in [2.24, 2.45) is 0 Å². The van der Waals surface area contributed by atoms with Crippen molar-refractivity contribution in [3.63, 3.8) is 0 Å². The van der Waals surface area contributed by atoms with E-state index in [0.29, 0.717) is 17.0 Å². The van der Waals surface area contributed by atoms with Crippen molar-refractivity contribution in [1.29, 1.82) is 0 Å². The van der Waals surface area contributed by atoms with Crippen molar-refractivity contribution in [2.75, 3.05) is 19.5 Å². The molecule has 1 unspecified atom stereocenters. The SMILES string of the molecule is CNC(=O)c1ccc(OC)c(NC(=O)C(C)n2nc(C)cc2C)c1. The number of amides is 2. The summed E-state index contributed by atoms with van der Waals surface area (Å²) in [6.07, 6.45) is 0. The zero-order valence-electron chi connectivity index (χ0n) is 14.5. The van der Waals surface area contributed by atoms with Crippen LogP contribution < -0.4 is 15.4 Å². The maximum Gasteiger partial charge on any atom is 0.251 e. The predicted molar refractivity (Wildman–Crippen MR) is 91.4 cm³/mol. The number of aromatic nitrogens is 2. The van der Waals surface area contributed by atoms with Crippen LogP contribution in [0.3, 0.4) is 0 Å². The molecule has 2 rings (SSSR count). The summed E-state index contributed by atoms with van der Waals surface area (Å²) < 4.78 is 6.93. The van der Waals surface area contributed by atoms with Gasteiger partial charge in [-0.25, -0.2) is 0 Å². The van der Waals surface area contributed by atoms with Crippen LogP contribution >= 0.6 is 0 Å². The summed E-state index contributed by atoms with van der Waals surface area (Å²) in [6.45, 7) is 5.55. The van der Waals surface area contributed by atoms with Crippen LogP contribution in [0.25, 0.3) is 0 Å². The summed E-state index contributed by atoms with van der Waals surface area (Å²) >= 11 is 0. The summed E-state index contributed by atoms with van der Waals surface area (Å²) in [5.41, 5.74) is 2.64. The molecule has 2 amide bonds. The van der Waals surface area contributed by atoms with Crippen molar-refractivity contribution in [1.82, 2.24) is 15.1 Å². The van der Waals surface area contributed by atoms with E-state index in [4.69, 9.17) is 4.74 Å². The number of nitrogens with zero attached hydrogens (tertiary/aromatic N) is 2. The van der Waals surface area contributed by atoms with Crippen LogP contribution in [0.4, 0.5) is 5.69 Å². The van der Waals surface area contributed by atoms with E-state index < -0.39 is 6.04 Å². The van der Waals surface area contributed by atoms with Gasteiger partial charge in [0.1, 0.15) is 11.8 Å². The molecular weight excluding hydrogens is 308 g/mol. The number of nitrogens with one attached hydrogen (secondary N) is 2. The second-order valence-corrected chi connectivity index (χ2v) is 5.53. The zero-order chi connectivity index (χ0) is 17.9. The highest BCUT2D eigenvalue weighted by molar-refractivity contribution is 5.99. The average Bonchev–Trinajstić information content (AvgIpc) is 2.91. The minimum absolute atomic E-state index is 0.236. The molecule has 1 atom stereocenters. The molecule has 2 N–H and O–H groups in total. The third kappa shape index (κ3) is 3.56. The number of hydrogen-bond acceptors (Lipinski definition) is 4. The molecule has 2 aromatic rings. The monoisotopic (exact) mass is 330 g/mol. The van der Waals surface area contributed by atoms with E-state index in [1.54, 1.807) is 36.9 Å². The van der Waals surface area contributed by atoms with Crippen LogP contribution in [0, 0.1) is 13.8 Å². The first kappa shape index (κ1) is 17.5. The fourth-order valence-electron chi connectivity index (χ4n) is 2.48. The fourth-order valence-corrected chi connectivity index (χ4v) is 2.48. The Balaban J connectivity index is 2.27. The molecule has 0 aliphatic rings. The molecule has 24 heavy (non-hydrogen) atoms. The zero-order valence-corrected chi connectivity index (χ0v) is 14.5. The first-order chi connectivity index (χ1) is 11.4. The van der Waals surface area contributed by atoms with E-state index >= 15 is 0 Å². The lowest BCUT2D eigenvalue weighted by Gasteiger charge is -2.16. The van der Waals surface area contributed by atoms with Crippen molar-refractivity contribution in [3.8, 4) is 5.75 Å².